The van der Waals surface area contributed by atoms with E-state index in [1.54, 1.807) is 0 Å². The maximum absolute atomic E-state index is 13.4. The fourth-order valence-electron chi connectivity index (χ4n) is 1.14. The largest absolute Gasteiger partial charge is 0.481 e. The molecule has 7 heteroatoms. The fourth-order valence-corrected chi connectivity index (χ4v) is 1.89. The second kappa shape index (κ2) is 4.63. The lowest BCUT2D eigenvalue weighted by atomic mass is 10.1. The molecule has 0 aliphatic rings. The first-order valence-electron chi connectivity index (χ1n) is 3.99. The van der Waals surface area contributed by atoms with Crippen LogP contribution in [-0.2, 0) is 10.7 Å². The van der Waals surface area contributed by atoms with Gasteiger partial charge in [-0.15, -0.1) is 0 Å². The first-order valence-corrected chi connectivity index (χ1v) is 5.16. The Morgan fingerprint density at radius 3 is 2.56 bits per heavy atom. The summed E-state index contributed by atoms with van der Waals surface area (Å²) in [6.07, 6.45) is -1.50. The van der Waals surface area contributed by atoms with Crippen molar-refractivity contribution in [2.24, 2.45) is 0 Å². The van der Waals surface area contributed by atoms with Crippen molar-refractivity contribution in [1.29, 1.82) is 0 Å². The number of carbonyl (C=O) groups is 1. The fraction of sp³-hybridized carbons (Fsp3) is 0.222. The van der Waals surface area contributed by atoms with Crippen molar-refractivity contribution >= 4 is 33.5 Å². The zero-order valence-electron chi connectivity index (χ0n) is 7.61. The minimum atomic E-state index is -3.82. The highest BCUT2D eigenvalue weighted by Gasteiger charge is 2.39. The minimum absolute atomic E-state index is 0.222. The Balaban J connectivity index is 3.31. The highest BCUT2D eigenvalue weighted by Crippen LogP contribution is 2.40. The van der Waals surface area contributed by atoms with Gasteiger partial charge in [0.1, 0.15) is 6.42 Å². The van der Waals surface area contributed by atoms with Gasteiger partial charge in [-0.25, -0.2) is 13.2 Å². The van der Waals surface area contributed by atoms with Crippen molar-refractivity contribution in [2.45, 2.75) is 12.3 Å². The molecule has 1 rings (SSSR count). The van der Waals surface area contributed by atoms with Gasteiger partial charge >= 0.3 is 5.97 Å². The van der Waals surface area contributed by atoms with Crippen LogP contribution in [0, 0.1) is 5.82 Å². The van der Waals surface area contributed by atoms with E-state index in [1.165, 1.54) is 0 Å². The molecular formula is C9H5BrClF3O2. The normalized spacial score (nSPS) is 11.6. The molecule has 1 aromatic rings. The molecule has 1 N–H and O–H groups in total. The Bertz CT molecular complexity index is 437. The molecule has 0 bridgehead atoms. The van der Waals surface area contributed by atoms with E-state index in [2.05, 4.69) is 15.9 Å². The molecule has 0 aromatic heterocycles. The Kier molecular flexibility index (Phi) is 3.85. The summed E-state index contributed by atoms with van der Waals surface area (Å²) in [6.45, 7) is 0. The molecule has 16 heavy (non-hydrogen) atoms. The first kappa shape index (κ1) is 13.3. The van der Waals surface area contributed by atoms with Gasteiger partial charge in [0, 0.05) is 4.47 Å². The standard InChI is InChI=1S/C9H5BrClF3O2/c10-4-1-2-5(11)8(12)7(4)9(13,14)3-6(15)16/h1-2H,3H2,(H,15,16). The number of benzene rings is 1. The molecule has 0 radical (unpaired) electrons. The van der Waals surface area contributed by atoms with Crippen LogP contribution in [-0.4, -0.2) is 11.1 Å². The summed E-state index contributed by atoms with van der Waals surface area (Å²) in [5.41, 5.74) is -1.04. The van der Waals surface area contributed by atoms with E-state index in [0.29, 0.717) is 0 Å². The summed E-state index contributed by atoms with van der Waals surface area (Å²) in [5.74, 6) is -6.86. The predicted molar refractivity (Wildman–Crippen MR) is 55.3 cm³/mol. The molecule has 0 atom stereocenters. The SMILES string of the molecule is O=C(O)CC(F)(F)c1c(Br)ccc(Cl)c1F. The third-order valence-electron chi connectivity index (χ3n) is 1.78. The Labute approximate surface area is 102 Å². The Hall–Kier alpha value is -0.750. The van der Waals surface area contributed by atoms with E-state index >= 15 is 0 Å². The minimum Gasteiger partial charge on any atom is -0.481 e. The second-order valence-electron chi connectivity index (χ2n) is 2.99. The third kappa shape index (κ3) is 2.68. The summed E-state index contributed by atoms with van der Waals surface area (Å²) >= 11 is 8.09. The molecule has 0 fully saturated rings. The summed E-state index contributed by atoms with van der Waals surface area (Å²) in [4.78, 5) is 10.2. The molecule has 88 valence electrons. The third-order valence-corrected chi connectivity index (χ3v) is 2.74. The molecule has 0 spiro atoms. The zero-order valence-corrected chi connectivity index (χ0v) is 9.95. The first-order chi connectivity index (χ1) is 7.25. The number of rotatable bonds is 3. The van der Waals surface area contributed by atoms with Crippen LogP contribution in [0.1, 0.15) is 12.0 Å². The monoisotopic (exact) mass is 316 g/mol. The number of alkyl halides is 2. The number of carboxylic acids is 1. The highest BCUT2D eigenvalue weighted by atomic mass is 79.9. The summed E-state index contributed by atoms with van der Waals surface area (Å²) in [5, 5.41) is 7.83. The molecule has 0 aliphatic heterocycles. The van der Waals surface area contributed by atoms with Crippen LogP contribution in [0.3, 0.4) is 0 Å². The van der Waals surface area contributed by atoms with Crippen molar-refractivity contribution in [3.63, 3.8) is 0 Å². The van der Waals surface area contributed by atoms with Gasteiger partial charge in [0.25, 0.3) is 5.92 Å². The topological polar surface area (TPSA) is 37.3 Å². The lowest BCUT2D eigenvalue weighted by Gasteiger charge is -2.17. The van der Waals surface area contributed by atoms with Crippen molar-refractivity contribution in [3.05, 3.63) is 33.0 Å². The van der Waals surface area contributed by atoms with Crippen molar-refractivity contribution in [1.82, 2.24) is 0 Å². The molecule has 0 heterocycles. The van der Waals surface area contributed by atoms with E-state index in [9.17, 15) is 18.0 Å². The molecule has 0 unspecified atom stereocenters. The van der Waals surface area contributed by atoms with Gasteiger partial charge in [0.05, 0.1) is 10.6 Å². The van der Waals surface area contributed by atoms with Crippen molar-refractivity contribution < 1.29 is 23.1 Å². The van der Waals surface area contributed by atoms with Gasteiger partial charge in [-0.3, -0.25) is 4.79 Å². The maximum atomic E-state index is 13.4. The average molecular weight is 317 g/mol. The second-order valence-corrected chi connectivity index (χ2v) is 4.25. The van der Waals surface area contributed by atoms with E-state index in [1.807, 2.05) is 0 Å². The number of hydrogen-bond acceptors (Lipinski definition) is 1. The van der Waals surface area contributed by atoms with Crippen LogP contribution in [0.4, 0.5) is 13.2 Å². The number of halogens is 5. The zero-order chi connectivity index (χ0) is 12.5. The van der Waals surface area contributed by atoms with Gasteiger partial charge in [0.15, 0.2) is 5.82 Å². The van der Waals surface area contributed by atoms with Crippen LogP contribution >= 0.6 is 27.5 Å². The quantitative estimate of drug-likeness (QED) is 0.861. The van der Waals surface area contributed by atoms with Crippen LogP contribution in [0.15, 0.2) is 16.6 Å². The van der Waals surface area contributed by atoms with Crippen molar-refractivity contribution in [2.75, 3.05) is 0 Å². The van der Waals surface area contributed by atoms with Gasteiger partial charge < -0.3 is 5.11 Å². The summed E-state index contributed by atoms with van der Waals surface area (Å²) < 4.78 is 39.9. The molecule has 0 amide bonds. The van der Waals surface area contributed by atoms with E-state index in [4.69, 9.17) is 16.7 Å². The van der Waals surface area contributed by atoms with Gasteiger partial charge in [-0.2, -0.15) is 0 Å². The average Bonchev–Trinajstić information content (AvgIpc) is 2.09. The number of hydrogen-bond donors (Lipinski definition) is 1. The van der Waals surface area contributed by atoms with Crippen LogP contribution in [0.2, 0.25) is 5.02 Å². The lowest BCUT2D eigenvalue weighted by Crippen LogP contribution is -2.21. The van der Waals surface area contributed by atoms with Gasteiger partial charge in [-0.1, -0.05) is 27.5 Å². The Morgan fingerprint density at radius 2 is 2.06 bits per heavy atom. The van der Waals surface area contributed by atoms with Gasteiger partial charge in [0.2, 0.25) is 0 Å². The van der Waals surface area contributed by atoms with Crippen LogP contribution < -0.4 is 0 Å². The highest BCUT2D eigenvalue weighted by molar-refractivity contribution is 9.10. The Morgan fingerprint density at radius 1 is 1.50 bits per heavy atom. The molecular weight excluding hydrogens is 312 g/mol. The predicted octanol–water partition coefficient (Wildman–Crippen LogP) is 3.81. The van der Waals surface area contributed by atoms with E-state index in [0.717, 1.165) is 12.1 Å². The van der Waals surface area contributed by atoms with Crippen LogP contribution in [0.25, 0.3) is 0 Å². The van der Waals surface area contributed by atoms with E-state index < -0.39 is 34.7 Å². The molecule has 0 aliphatic carbocycles. The van der Waals surface area contributed by atoms with Crippen molar-refractivity contribution in [3.8, 4) is 0 Å². The summed E-state index contributed by atoms with van der Waals surface area (Å²) in [7, 11) is 0. The summed E-state index contributed by atoms with van der Waals surface area (Å²) in [6, 6.07) is 2.23. The van der Waals surface area contributed by atoms with Crippen LogP contribution in [0.5, 0.6) is 0 Å². The molecule has 2 nitrogen and oxygen atoms in total. The molecule has 1 aromatic carbocycles. The number of aliphatic carboxylic acids is 1. The molecule has 0 saturated heterocycles. The lowest BCUT2D eigenvalue weighted by molar-refractivity contribution is -0.145. The number of carboxylic acid groups (broad SMARTS) is 1. The van der Waals surface area contributed by atoms with Gasteiger partial charge in [-0.05, 0) is 12.1 Å². The maximum Gasteiger partial charge on any atom is 0.309 e. The smallest absolute Gasteiger partial charge is 0.309 e. The molecule has 0 saturated carbocycles. The van der Waals surface area contributed by atoms with E-state index in [-0.39, 0.29) is 4.47 Å².